The van der Waals surface area contributed by atoms with E-state index in [1.54, 1.807) is 14.2 Å². The molecule has 0 spiro atoms. The molecular weight excluding hydrogens is 392 g/mol. The molecule has 2 N–H and O–H groups in total. The van der Waals surface area contributed by atoms with E-state index in [4.69, 9.17) is 9.47 Å². The van der Waals surface area contributed by atoms with E-state index >= 15 is 0 Å². The van der Waals surface area contributed by atoms with Crippen molar-refractivity contribution in [3.8, 4) is 11.5 Å². The molecule has 0 saturated heterocycles. The standard InChI is InChI=1S/C25H26N2O4/c1-30-20-9-10-23(31-2)19(13-20)11-12-26-25(29)21-14-17-5-3-4-6-18(17)15-22(21)27-24(28)16-7-8-16/h3-6,9-10,13-16H,7-8,11-12H2,1-2H3,(H,26,29)(H,27,28). The van der Waals surface area contributed by atoms with Gasteiger partial charge in [-0.1, -0.05) is 24.3 Å². The summed E-state index contributed by atoms with van der Waals surface area (Å²) in [6, 6.07) is 17.1. The highest BCUT2D eigenvalue weighted by molar-refractivity contribution is 6.08. The molecule has 0 aromatic heterocycles. The number of anilines is 1. The van der Waals surface area contributed by atoms with Crippen molar-refractivity contribution in [2.75, 3.05) is 26.1 Å². The zero-order chi connectivity index (χ0) is 21.8. The molecule has 1 aliphatic carbocycles. The van der Waals surface area contributed by atoms with Crippen LogP contribution in [0.3, 0.4) is 0 Å². The molecule has 1 fully saturated rings. The van der Waals surface area contributed by atoms with Gasteiger partial charge in [0, 0.05) is 12.5 Å². The number of methoxy groups -OCH3 is 2. The van der Waals surface area contributed by atoms with E-state index in [0.717, 1.165) is 40.7 Å². The van der Waals surface area contributed by atoms with Crippen LogP contribution < -0.4 is 20.1 Å². The van der Waals surface area contributed by atoms with Gasteiger partial charge in [-0.15, -0.1) is 0 Å². The van der Waals surface area contributed by atoms with Crippen molar-refractivity contribution in [2.24, 2.45) is 5.92 Å². The zero-order valence-corrected chi connectivity index (χ0v) is 17.7. The fraction of sp³-hybridized carbons (Fsp3) is 0.280. The molecule has 1 aliphatic rings. The van der Waals surface area contributed by atoms with Gasteiger partial charge in [-0.2, -0.15) is 0 Å². The summed E-state index contributed by atoms with van der Waals surface area (Å²) in [4.78, 5) is 25.4. The lowest BCUT2D eigenvalue weighted by Gasteiger charge is -2.14. The van der Waals surface area contributed by atoms with Crippen LogP contribution in [0, 0.1) is 5.92 Å². The number of carbonyl (C=O) groups excluding carboxylic acids is 2. The Bertz CT molecular complexity index is 1120. The molecule has 0 unspecified atom stereocenters. The lowest BCUT2D eigenvalue weighted by molar-refractivity contribution is -0.117. The summed E-state index contributed by atoms with van der Waals surface area (Å²) < 4.78 is 10.7. The van der Waals surface area contributed by atoms with Gasteiger partial charge < -0.3 is 20.1 Å². The fourth-order valence-electron chi connectivity index (χ4n) is 3.60. The van der Waals surface area contributed by atoms with Crippen molar-refractivity contribution in [1.29, 1.82) is 0 Å². The van der Waals surface area contributed by atoms with Crippen LogP contribution in [0.4, 0.5) is 5.69 Å². The van der Waals surface area contributed by atoms with Gasteiger partial charge in [0.25, 0.3) is 5.91 Å². The van der Waals surface area contributed by atoms with Crippen molar-refractivity contribution in [3.05, 3.63) is 65.7 Å². The highest BCUT2D eigenvalue weighted by atomic mass is 16.5. The van der Waals surface area contributed by atoms with Crippen LogP contribution in [0.5, 0.6) is 11.5 Å². The normalized spacial score (nSPS) is 13.0. The van der Waals surface area contributed by atoms with Crippen molar-refractivity contribution in [3.63, 3.8) is 0 Å². The molecule has 1 saturated carbocycles. The van der Waals surface area contributed by atoms with Gasteiger partial charge in [-0.25, -0.2) is 0 Å². The number of nitrogens with one attached hydrogen (secondary N) is 2. The van der Waals surface area contributed by atoms with E-state index in [-0.39, 0.29) is 17.7 Å². The highest BCUT2D eigenvalue weighted by Gasteiger charge is 2.30. The first-order valence-electron chi connectivity index (χ1n) is 10.4. The minimum Gasteiger partial charge on any atom is -0.497 e. The Morgan fingerprint density at radius 2 is 1.71 bits per heavy atom. The SMILES string of the molecule is COc1ccc(OC)c(CCNC(=O)c2cc3ccccc3cc2NC(=O)C2CC2)c1. The smallest absolute Gasteiger partial charge is 0.253 e. The first-order chi connectivity index (χ1) is 15.1. The Labute approximate surface area is 181 Å². The highest BCUT2D eigenvalue weighted by Crippen LogP contribution is 2.32. The van der Waals surface area contributed by atoms with E-state index in [9.17, 15) is 9.59 Å². The molecule has 3 aromatic carbocycles. The van der Waals surface area contributed by atoms with Crippen LogP contribution in [-0.2, 0) is 11.2 Å². The Kier molecular flexibility index (Phi) is 6.07. The molecule has 6 heteroatoms. The van der Waals surface area contributed by atoms with Crippen LogP contribution in [0.1, 0.15) is 28.8 Å². The Balaban J connectivity index is 1.52. The van der Waals surface area contributed by atoms with E-state index in [1.165, 1.54) is 0 Å². The Morgan fingerprint density at radius 3 is 2.39 bits per heavy atom. The maximum atomic E-state index is 13.0. The van der Waals surface area contributed by atoms with Crippen molar-refractivity contribution >= 4 is 28.3 Å². The minimum absolute atomic E-state index is 0.0227. The maximum Gasteiger partial charge on any atom is 0.253 e. The maximum absolute atomic E-state index is 13.0. The number of hydrogen-bond acceptors (Lipinski definition) is 4. The molecule has 0 radical (unpaired) electrons. The largest absolute Gasteiger partial charge is 0.497 e. The topological polar surface area (TPSA) is 76.7 Å². The third-order valence-electron chi connectivity index (χ3n) is 5.50. The van der Waals surface area contributed by atoms with Crippen molar-refractivity contribution < 1.29 is 19.1 Å². The quantitative estimate of drug-likeness (QED) is 0.575. The number of carbonyl (C=O) groups is 2. The molecule has 160 valence electrons. The first kappa shape index (κ1) is 20.7. The van der Waals surface area contributed by atoms with E-state index in [1.807, 2.05) is 54.6 Å². The third-order valence-corrected chi connectivity index (χ3v) is 5.50. The van der Waals surface area contributed by atoms with Gasteiger partial charge in [-0.3, -0.25) is 9.59 Å². The second-order valence-corrected chi connectivity index (χ2v) is 7.69. The number of fused-ring (bicyclic) bond motifs is 1. The van der Waals surface area contributed by atoms with Crippen LogP contribution in [0.2, 0.25) is 0 Å². The number of ether oxygens (including phenoxy) is 2. The average Bonchev–Trinajstić information content (AvgIpc) is 3.64. The second kappa shape index (κ2) is 9.08. The summed E-state index contributed by atoms with van der Waals surface area (Å²) in [5, 5.41) is 7.85. The van der Waals surface area contributed by atoms with Crippen LogP contribution >= 0.6 is 0 Å². The molecule has 0 atom stereocenters. The molecule has 4 rings (SSSR count). The summed E-state index contributed by atoms with van der Waals surface area (Å²) in [5.74, 6) is 1.30. The number of benzene rings is 3. The van der Waals surface area contributed by atoms with Gasteiger partial charge in [0.15, 0.2) is 0 Å². The van der Waals surface area contributed by atoms with Crippen LogP contribution in [-0.4, -0.2) is 32.6 Å². The predicted octanol–water partition coefficient (Wildman–Crippen LogP) is 4.18. The molecule has 0 bridgehead atoms. The van der Waals surface area contributed by atoms with Gasteiger partial charge in [0.1, 0.15) is 11.5 Å². The molecule has 6 nitrogen and oxygen atoms in total. The number of rotatable bonds is 8. The monoisotopic (exact) mass is 418 g/mol. The van der Waals surface area contributed by atoms with E-state index < -0.39 is 0 Å². The molecular formula is C25H26N2O4. The number of amides is 2. The minimum atomic E-state index is -0.223. The zero-order valence-electron chi connectivity index (χ0n) is 17.7. The summed E-state index contributed by atoms with van der Waals surface area (Å²) in [5.41, 5.74) is 1.96. The lowest BCUT2D eigenvalue weighted by atomic mass is 10.0. The predicted molar refractivity (Wildman–Crippen MR) is 121 cm³/mol. The van der Waals surface area contributed by atoms with Crippen molar-refractivity contribution in [2.45, 2.75) is 19.3 Å². The summed E-state index contributed by atoms with van der Waals surface area (Å²) in [6.07, 6.45) is 2.40. The molecule has 0 heterocycles. The summed E-state index contributed by atoms with van der Waals surface area (Å²) in [7, 11) is 3.23. The van der Waals surface area contributed by atoms with Gasteiger partial charge in [-0.05, 0) is 65.9 Å². The van der Waals surface area contributed by atoms with Crippen LogP contribution in [0.25, 0.3) is 10.8 Å². The summed E-state index contributed by atoms with van der Waals surface area (Å²) >= 11 is 0. The third kappa shape index (κ3) is 4.79. The molecule has 2 amide bonds. The molecule has 3 aromatic rings. The second-order valence-electron chi connectivity index (χ2n) is 7.69. The van der Waals surface area contributed by atoms with E-state index in [0.29, 0.717) is 24.2 Å². The van der Waals surface area contributed by atoms with Gasteiger partial charge in [0.05, 0.1) is 25.5 Å². The average molecular weight is 418 g/mol. The van der Waals surface area contributed by atoms with Gasteiger partial charge >= 0.3 is 0 Å². The van der Waals surface area contributed by atoms with Crippen molar-refractivity contribution in [1.82, 2.24) is 5.32 Å². The van der Waals surface area contributed by atoms with Crippen LogP contribution in [0.15, 0.2) is 54.6 Å². The molecule has 31 heavy (non-hydrogen) atoms. The fourth-order valence-corrected chi connectivity index (χ4v) is 3.60. The summed E-state index contributed by atoms with van der Waals surface area (Å²) in [6.45, 7) is 0.422. The number of hydrogen-bond donors (Lipinski definition) is 2. The first-order valence-corrected chi connectivity index (χ1v) is 10.4. The Hall–Kier alpha value is -3.54. The lowest BCUT2D eigenvalue weighted by Crippen LogP contribution is -2.27. The van der Waals surface area contributed by atoms with Gasteiger partial charge in [0.2, 0.25) is 5.91 Å². The van der Waals surface area contributed by atoms with E-state index in [2.05, 4.69) is 10.6 Å². The Morgan fingerprint density at radius 1 is 0.968 bits per heavy atom. The molecule has 0 aliphatic heterocycles.